The number of aryl methyl sites for hydroxylation is 1. The smallest absolute Gasteiger partial charge is 0.272 e. The zero-order valence-corrected chi connectivity index (χ0v) is 29.8. The number of hydrogen-bond donors (Lipinski definition) is 2. The highest BCUT2D eigenvalue weighted by Gasteiger charge is 2.35. The first-order valence-electron chi connectivity index (χ1n) is 17.2. The van der Waals surface area contributed by atoms with Gasteiger partial charge < -0.3 is 29.7 Å². The largest absolute Gasteiger partial charge is 0.494 e. The lowest BCUT2D eigenvalue weighted by molar-refractivity contribution is -0.130. The van der Waals surface area contributed by atoms with Crippen LogP contribution in [0.15, 0.2) is 36.7 Å². The monoisotopic (exact) mass is 692 g/mol. The molecule has 1 unspecified atom stereocenters. The molecule has 1 aromatic carbocycles. The average Bonchev–Trinajstić information content (AvgIpc) is 3.68. The van der Waals surface area contributed by atoms with Crippen molar-refractivity contribution in [1.29, 1.82) is 0 Å². The number of benzene rings is 1. The van der Waals surface area contributed by atoms with Gasteiger partial charge in [0.15, 0.2) is 0 Å². The Labute approximate surface area is 292 Å². The van der Waals surface area contributed by atoms with Gasteiger partial charge in [0, 0.05) is 44.8 Å². The molecule has 4 amide bonds. The van der Waals surface area contributed by atoms with Crippen LogP contribution in [0.4, 0.5) is 0 Å². The first-order chi connectivity index (χ1) is 23.7. The quantitative estimate of drug-likeness (QED) is 0.385. The van der Waals surface area contributed by atoms with Crippen LogP contribution in [0.5, 0.6) is 5.75 Å². The molecule has 0 spiro atoms. The zero-order valence-electron chi connectivity index (χ0n) is 28.9. The van der Waals surface area contributed by atoms with Crippen molar-refractivity contribution in [3.63, 3.8) is 0 Å². The fourth-order valence-corrected chi connectivity index (χ4v) is 6.84. The molecule has 2 aliphatic heterocycles. The van der Waals surface area contributed by atoms with Gasteiger partial charge in [-0.15, -0.1) is 0 Å². The van der Waals surface area contributed by atoms with Crippen LogP contribution in [0.1, 0.15) is 73.3 Å². The molecule has 49 heavy (non-hydrogen) atoms. The average molecular weight is 693 g/mol. The topological polar surface area (TPSA) is 144 Å². The zero-order chi connectivity index (χ0) is 34.9. The van der Waals surface area contributed by atoms with Gasteiger partial charge in [0.2, 0.25) is 17.7 Å². The number of amides is 4. The highest BCUT2D eigenvalue weighted by molar-refractivity contribution is 7.99. The summed E-state index contributed by atoms with van der Waals surface area (Å²) in [5, 5.41) is 10.4. The second-order valence-electron chi connectivity index (χ2n) is 12.7. The highest BCUT2D eigenvalue weighted by atomic mass is 32.2. The van der Waals surface area contributed by atoms with Gasteiger partial charge >= 0.3 is 0 Å². The second-order valence-corrected chi connectivity index (χ2v) is 14.0. The number of ether oxygens (including phenoxy) is 1. The first kappa shape index (κ1) is 36.0. The number of carbonyl (C=O) groups excluding carboxylic acids is 4. The van der Waals surface area contributed by atoms with Crippen molar-refractivity contribution in [2.24, 2.45) is 5.92 Å². The van der Waals surface area contributed by atoms with Crippen molar-refractivity contribution in [2.75, 3.05) is 50.8 Å². The molecule has 264 valence electrons. The van der Waals surface area contributed by atoms with Crippen molar-refractivity contribution >= 4 is 35.4 Å². The standard InChI is InChI=1S/C35H48N8O5S/c1-5-43-29(19-26(39-43)17-24(3)4)35(47)40-15-13-37-31(45)21-41-23-38-33-28(41)11-14-42(32(46)22-49-6-2)34(33)25-9-7-10-27(18-25)48-16-8-12-36-30(44)20-40/h7,9-10,18-19,23-24,34H,5-6,8,11-17,20-22H2,1-4H3,(H,36,44)(H,37,45). The maximum absolute atomic E-state index is 13.8. The molecular weight excluding hydrogens is 645 g/mol. The number of fused-ring (bicyclic) bond motifs is 3. The normalized spacial score (nSPS) is 17.7. The van der Waals surface area contributed by atoms with Crippen LogP contribution in [0, 0.1) is 5.92 Å². The molecule has 14 heteroatoms. The number of aromatic nitrogens is 4. The summed E-state index contributed by atoms with van der Waals surface area (Å²) >= 11 is 1.59. The minimum absolute atomic E-state index is 0.0352. The van der Waals surface area contributed by atoms with Gasteiger partial charge in [-0.25, -0.2) is 4.98 Å². The maximum Gasteiger partial charge on any atom is 0.272 e. The number of thioether (sulfide) groups is 1. The van der Waals surface area contributed by atoms with Gasteiger partial charge in [-0.3, -0.25) is 23.9 Å². The van der Waals surface area contributed by atoms with E-state index in [1.54, 1.807) is 28.8 Å². The predicted molar refractivity (Wildman–Crippen MR) is 187 cm³/mol. The van der Waals surface area contributed by atoms with E-state index in [-0.39, 0.29) is 49.8 Å². The second kappa shape index (κ2) is 16.9. The Morgan fingerprint density at radius 2 is 1.86 bits per heavy atom. The van der Waals surface area contributed by atoms with Crippen LogP contribution in [-0.2, 0) is 40.3 Å². The molecule has 2 aliphatic rings. The molecule has 0 saturated heterocycles. The van der Waals surface area contributed by atoms with E-state index in [1.165, 1.54) is 4.90 Å². The molecule has 4 heterocycles. The summed E-state index contributed by atoms with van der Waals surface area (Å²) in [6.45, 7) is 10.1. The van der Waals surface area contributed by atoms with E-state index >= 15 is 0 Å². The third-order valence-electron chi connectivity index (χ3n) is 8.58. The van der Waals surface area contributed by atoms with Crippen LogP contribution >= 0.6 is 11.8 Å². The molecule has 0 fully saturated rings. The molecule has 3 aromatic rings. The van der Waals surface area contributed by atoms with Gasteiger partial charge in [0.25, 0.3) is 5.91 Å². The summed E-state index contributed by atoms with van der Waals surface area (Å²) < 4.78 is 9.59. The predicted octanol–water partition coefficient (Wildman–Crippen LogP) is 2.68. The highest BCUT2D eigenvalue weighted by Crippen LogP contribution is 2.36. The van der Waals surface area contributed by atoms with E-state index in [0.717, 1.165) is 34.8 Å². The minimum Gasteiger partial charge on any atom is -0.494 e. The third kappa shape index (κ3) is 9.02. The van der Waals surface area contributed by atoms with Crippen LogP contribution in [0.25, 0.3) is 0 Å². The Kier molecular flexibility index (Phi) is 12.4. The fraction of sp³-hybridized carbons (Fsp3) is 0.543. The first-order valence-corrected chi connectivity index (χ1v) is 18.4. The lowest BCUT2D eigenvalue weighted by Gasteiger charge is -2.36. The van der Waals surface area contributed by atoms with Crippen molar-refractivity contribution in [3.8, 4) is 5.75 Å². The molecule has 0 radical (unpaired) electrons. The minimum atomic E-state index is -0.413. The summed E-state index contributed by atoms with van der Waals surface area (Å²) in [6.07, 6.45) is 3.52. The fourth-order valence-electron chi connectivity index (χ4n) is 6.29. The van der Waals surface area contributed by atoms with Gasteiger partial charge in [-0.05, 0) is 55.2 Å². The van der Waals surface area contributed by atoms with Crippen molar-refractivity contribution in [2.45, 2.75) is 66.1 Å². The van der Waals surface area contributed by atoms with E-state index in [2.05, 4.69) is 29.6 Å². The number of imidazole rings is 1. The van der Waals surface area contributed by atoms with E-state index in [0.29, 0.717) is 62.2 Å². The third-order valence-corrected chi connectivity index (χ3v) is 9.44. The molecule has 0 saturated carbocycles. The van der Waals surface area contributed by atoms with Crippen LogP contribution < -0.4 is 15.4 Å². The van der Waals surface area contributed by atoms with Gasteiger partial charge in [0.05, 0.1) is 36.6 Å². The number of rotatable bonds is 7. The summed E-state index contributed by atoms with van der Waals surface area (Å²) in [4.78, 5) is 61.6. The number of carbonyl (C=O) groups is 4. The van der Waals surface area contributed by atoms with Crippen molar-refractivity contribution in [3.05, 3.63) is 65.0 Å². The molecule has 13 nitrogen and oxygen atoms in total. The Bertz CT molecular complexity index is 1640. The van der Waals surface area contributed by atoms with Gasteiger partial charge in [-0.1, -0.05) is 32.9 Å². The lowest BCUT2D eigenvalue weighted by Crippen LogP contribution is -2.45. The maximum atomic E-state index is 13.8. The van der Waals surface area contributed by atoms with E-state index < -0.39 is 6.04 Å². The Morgan fingerprint density at radius 3 is 2.63 bits per heavy atom. The Hall–Kier alpha value is -4.33. The molecule has 6 bridgehead atoms. The summed E-state index contributed by atoms with van der Waals surface area (Å²) in [5.41, 5.74) is 3.80. The van der Waals surface area contributed by atoms with Gasteiger partial charge in [0.1, 0.15) is 24.0 Å². The Balaban J connectivity index is 1.39. The summed E-state index contributed by atoms with van der Waals surface area (Å²) in [5.74, 6) is 1.45. The van der Waals surface area contributed by atoms with Crippen LogP contribution in [-0.4, -0.2) is 104 Å². The number of hydrogen-bond acceptors (Lipinski definition) is 8. The molecule has 2 aromatic heterocycles. The SMILES string of the molecule is CCSCC(=O)N1CCc2c3ncn2CC(=O)NCCN(C(=O)c2cc(CC(C)C)nn2CC)CC(=O)NCCCOc2cccc(c2)C31. The lowest BCUT2D eigenvalue weighted by atomic mass is 9.95. The Morgan fingerprint density at radius 1 is 1.06 bits per heavy atom. The van der Waals surface area contributed by atoms with Gasteiger partial charge in [-0.2, -0.15) is 16.9 Å². The molecular formula is C35H48N8O5S. The number of nitrogens with one attached hydrogen (secondary N) is 2. The number of nitrogens with zero attached hydrogens (tertiary/aromatic N) is 6. The molecule has 1 atom stereocenters. The molecule has 5 rings (SSSR count). The van der Waals surface area contributed by atoms with Crippen molar-refractivity contribution in [1.82, 2.24) is 39.8 Å². The summed E-state index contributed by atoms with van der Waals surface area (Å²) in [7, 11) is 0. The van der Waals surface area contributed by atoms with Crippen LogP contribution in [0.3, 0.4) is 0 Å². The molecule has 0 aliphatic carbocycles. The summed E-state index contributed by atoms with van der Waals surface area (Å²) in [6, 6.07) is 9.08. The molecule has 2 N–H and O–H groups in total. The van der Waals surface area contributed by atoms with Crippen molar-refractivity contribution < 1.29 is 23.9 Å². The van der Waals surface area contributed by atoms with E-state index in [4.69, 9.17) is 9.72 Å². The van der Waals surface area contributed by atoms with E-state index in [9.17, 15) is 19.2 Å². The van der Waals surface area contributed by atoms with E-state index in [1.807, 2.05) is 47.6 Å². The van der Waals surface area contributed by atoms with Crippen LogP contribution in [0.2, 0.25) is 0 Å².